The second kappa shape index (κ2) is 8.04. The van der Waals surface area contributed by atoms with Crippen LogP contribution in [0.15, 0.2) is 50.9 Å². The average Bonchev–Trinajstić information content (AvgIpc) is 2.54. The molecular formula is C19H25N3O4S. The maximum Gasteiger partial charge on any atom is 0.410 e. The Morgan fingerprint density at radius 3 is 2.63 bits per heavy atom. The van der Waals surface area contributed by atoms with Crippen LogP contribution in [-0.4, -0.2) is 56.8 Å². The standard InChI is InChI=1S/C19H25N3O4S/c1-19(2,3)26-18(23)22-10-9-14(12-20-4)17(13-22)21-15-7-6-8-16(11-15)27(5,24)25/h6-8,11-12H,4,9-10,13H2,1-3,5H3/b14-12-,21-17?. The summed E-state index contributed by atoms with van der Waals surface area (Å²) in [5.41, 5.74) is 1.39. The van der Waals surface area contributed by atoms with Crippen LogP contribution in [0.2, 0.25) is 0 Å². The predicted molar refractivity (Wildman–Crippen MR) is 107 cm³/mol. The predicted octanol–water partition coefficient (Wildman–Crippen LogP) is 3.39. The van der Waals surface area contributed by atoms with E-state index in [1.165, 1.54) is 12.1 Å². The number of amides is 1. The summed E-state index contributed by atoms with van der Waals surface area (Å²) < 4.78 is 29.0. The van der Waals surface area contributed by atoms with E-state index in [1.807, 2.05) is 20.8 Å². The molecule has 0 N–H and O–H groups in total. The van der Waals surface area contributed by atoms with Gasteiger partial charge in [-0.1, -0.05) is 6.07 Å². The molecular weight excluding hydrogens is 366 g/mol. The molecule has 0 aromatic heterocycles. The number of ether oxygens (including phenoxy) is 1. The van der Waals surface area contributed by atoms with E-state index < -0.39 is 21.5 Å². The Morgan fingerprint density at radius 1 is 1.33 bits per heavy atom. The van der Waals surface area contributed by atoms with Gasteiger partial charge in [-0.05, 0) is 57.7 Å². The van der Waals surface area contributed by atoms with Crippen molar-refractivity contribution >= 4 is 34.0 Å². The van der Waals surface area contributed by atoms with Crippen LogP contribution in [0.25, 0.3) is 0 Å². The van der Waals surface area contributed by atoms with Crippen LogP contribution in [0, 0.1) is 0 Å². The second-order valence-corrected chi connectivity index (χ2v) is 9.33. The van der Waals surface area contributed by atoms with Gasteiger partial charge in [0.05, 0.1) is 22.8 Å². The highest BCUT2D eigenvalue weighted by Crippen LogP contribution is 2.23. The van der Waals surface area contributed by atoms with E-state index >= 15 is 0 Å². The largest absolute Gasteiger partial charge is 0.444 e. The first-order valence-electron chi connectivity index (χ1n) is 8.50. The molecule has 7 nitrogen and oxygen atoms in total. The monoisotopic (exact) mass is 391 g/mol. The molecule has 2 rings (SSSR count). The van der Waals surface area contributed by atoms with Crippen molar-refractivity contribution in [2.45, 2.75) is 37.7 Å². The third kappa shape index (κ3) is 6.02. The molecule has 0 aliphatic carbocycles. The number of likely N-dealkylation sites (tertiary alicyclic amines) is 1. The smallest absolute Gasteiger partial charge is 0.410 e. The number of rotatable bonds is 3. The molecule has 1 fully saturated rings. The molecule has 0 saturated carbocycles. The van der Waals surface area contributed by atoms with E-state index in [-0.39, 0.29) is 11.4 Å². The molecule has 0 bridgehead atoms. The molecule has 27 heavy (non-hydrogen) atoms. The first-order valence-corrected chi connectivity index (χ1v) is 10.4. The van der Waals surface area contributed by atoms with Crippen molar-refractivity contribution in [3.63, 3.8) is 0 Å². The van der Waals surface area contributed by atoms with Crippen LogP contribution in [-0.2, 0) is 14.6 Å². The van der Waals surface area contributed by atoms with Gasteiger partial charge in [0.25, 0.3) is 0 Å². The first-order chi connectivity index (χ1) is 12.5. The zero-order valence-corrected chi connectivity index (χ0v) is 16.9. The Balaban J connectivity index is 2.35. The fourth-order valence-corrected chi connectivity index (χ4v) is 3.20. The molecule has 1 heterocycles. The number of carbonyl (C=O) groups excluding carboxylic acids is 1. The van der Waals surface area contributed by atoms with Crippen molar-refractivity contribution in [2.75, 3.05) is 19.3 Å². The molecule has 1 saturated heterocycles. The van der Waals surface area contributed by atoms with Crippen molar-refractivity contribution in [1.82, 2.24) is 4.90 Å². The molecule has 1 aromatic carbocycles. The van der Waals surface area contributed by atoms with E-state index in [0.29, 0.717) is 24.4 Å². The van der Waals surface area contributed by atoms with Crippen molar-refractivity contribution in [3.8, 4) is 0 Å². The minimum Gasteiger partial charge on any atom is -0.444 e. The number of carbonyl (C=O) groups is 1. The Hall–Kier alpha value is -2.48. The van der Waals surface area contributed by atoms with Gasteiger partial charge in [0.15, 0.2) is 9.84 Å². The number of nitrogens with zero attached hydrogens (tertiary/aromatic N) is 3. The van der Waals surface area contributed by atoms with E-state index in [2.05, 4.69) is 16.7 Å². The van der Waals surface area contributed by atoms with Crippen LogP contribution in [0.3, 0.4) is 0 Å². The first kappa shape index (κ1) is 20.8. The van der Waals surface area contributed by atoms with Gasteiger partial charge in [-0.3, -0.25) is 9.98 Å². The van der Waals surface area contributed by atoms with Crippen molar-refractivity contribution < 1.29 is 17.9 Å². The lowest BCUT2D eigenvalue weighted by Crippen LogP contribution is -2.43. The van der Waals surface area contributed by atoms with Gasteiger partial charge in [0, 0.05) is 19.0 Å². The van der Waals surface area contributed by atoms with Crippen molar-refractivity contribution in [1.29, 1.82) is 0 Å². The van der Waals surface area contributed by atoms with Crippen LogP contribution in [0.1, 0.15) is 27.2 Å². The highest BCUT2D eigenvalue weighted by Gasteiger charge is 2.28. The molecule has 0 atom stereocenters. The normalized spacial score (nSPS) is 18.6. The average molecular weight is 391 g/mol. The fourth-order valence-electron chi connectivity index (χ4n) is 2.54. The van der Waals surface area contributed by atoms with E-state index in [0.717, 1.165) is 11.8 Å². The number of hydrogen-bond donors (Lipinski definition) is 0. The summed E-state index contributed by atoms with van der Waals surface area (Å²) in [5, 5.41) is 0. The van der Waals surface area contributed by atoms with Gasteiger partial charge < -0.3 is 9.64 Å². The van der Waals surface area contributed by atoms with Crippen LogP contribution >= 0.6 is 0 Å². The molecule has 1 aliphatic rings. The number of hydrogen-bond acceptors (Lipinski definition) is 6. The van der Waals surface area contributed by atoms with Gasteiger partial charge in [-0.25, -0.2) is 13.2 Å². The molecule has 0 unspecified atom stereocenters. The SMILES string of the molecule is C=N/C=C1/CCN(C(=O)OC(C)(C)C)CC1=Nc1cccc(S(C)(=O)=O)c1. The Labute approximate surface area is 160 Å². The lowest BCUT2D eigenvalue weighted by atomic mass is 10.0. The van der Waals surface area contributed by atoms with Gasteiger partial charge in [0.2, 0.25) is 0 Å². The second-order valence-electron chi connectivity index (χ2n) is 7.32. The molecule has 1 aliphatic heterocycles. The third-order valence-electron chi connectivity index (χ3n) is 3.77. The lowest BCUT2D eigenvalue weighted by molar-refractivity contribution is 0.0274. The van der Waals surface area contributed by atoms with E-state index in [9.17, 15) is 13.2 Å². The summed E-state index contributed by atoms with van der Waals surface area (Å²) in [5.74, 6) is 0. The third-order valence-corrected chi connectivity index (χ3v) is 4.88. The summed E-state index contributed by atoms with van der Waals surface area (Å²) in [6.45, 7) is 9.65. The zero-order chi connectivity index (χ0) is 20.2. The summed E-state index contributed by atoms with van der Waals surface area (Å²) >= 11 is 0. The highest BCUT2D eigenvalue weighted by atomic mass is 32.2. The molecule has 0 spiro atoms. The number of piperidine rings is 1. The fraction of sp³-hybridized carbons (Fsp3) is 0.421. The molecule has 0 radical (unpaired) electrons. The van der Waals surface area contributed by atoms with Crippen LogP contribution < -0.4 is 0 Å². The van der Waals surface area contributed by atoms with Gasteiger partial charge in [-0.2, -0.15) is 0 Å². The minimum absolute atomic E-state index is 0.191. The van der Waals surface area contributed by atoms with E-state index in [4.69, 9.17) is 4.74 Å². The topological polar surface area (TPSA) is 88.4 Å². The Kier molecular flexibility index (Phi) is 6.20. The Morgan fingerprint density at radius 2 is 2.04 bits per heavy atom. The number of aliphatic imine (C=N–C) groups is 2. The van der Waals surface area contributed by atoms with Crippen molar-refractivity contribution in [2.24, 2.45) is 9.98 Å². The van der Waals surface area contributed by atoms with Crippen LogP contribution in [0.4, 0.5) is 10.5 Å². The zero-order valence-electron chi connectivity index (χ0n) is 16.1. The summed E-state index contributed by atoms with van der Waals surface area (Å²) in [6, 6.07) is 6.38. The van der Waals surface area contributed by atoms with E-state index in [1.54, 1.807) is 23.2 Å². The molecule has 8 heteroatoms. The molecule has 1 aromatic rings. The number of benzene rings is 1. The van der Waals surface area contributed by atoms with Crippen molar-refractivity contribution in [3.05, 3.63) is 36.0 Å². The van der Waals surface area contributed by atoms with Gasteiger partial charge >= 0.3 is 6.09 Å². The number of sulfone groups is 1. The summed E-state index contributed by atoms with van der Waals surface area (Å²) in [6.07, 6.45) is 2.91. The summed E-state index contributed by atoms with van der Waals surface area (Å²) in [4.78, 5) is 22.5. The quantitative estimate of drug-likeness (QED) is 0.739. The van der Waals surface area contributed by atoms with Gasteiger partial charge in [0.1, 0.15) is 5.60 Å². The maximum atomic E-state index is 12.4. The Bertz CT molecular complexity index is 896. The summed E-state index contributed by atoms with van der Waals surface area (Å²) in [7, 11) is -3.33. The van der Waals surface area contributed by atoms with Gasteiger partial charge in [-0.15, -0.1) is 0 Å². The maximum absolute atomic E-state index is 12.4. The minimum atomic E-state index is -3.33. The molecule has 146 valence electrons. The van der Waals surface area contributed by atoms with Crippen LogP contribution in [0.5, 0.6) is 0 Å². The lowest BCUT2D eigenvalue weighted by Gasteiger charge is -2.31. The highest BCUT2D eigenvalue weighted by molar-refractivity contribution is 7.90. The molecule has 1 amide bonds.